The molecule has 1 aromatic carbocycles. The molecule has 0 radical (unpaired) electrons. The number of hydrogen-bond donors (Lipinski definition) is 3. The zero-order chi connectivity index (χ0) is 19.1. The Hall–Kier alpha value is -3.33. The molecule has 2 amide bonds. The van der Waals surface area contributed by atoms with Crippen molar-refractivity contribution in [2.24, 2.45) is 0 Å². The zero-order valence-corrected chi connectivity index (χ0v) is 15.4. The minimum absolute atomic E-state index is 0.0871. The molecular weight excluding hydrogens is 364 g/mol. The highest BCUT2D eigenvalue weighted by molar-refractivity contribution is 7.13. The smallest absolute Gasteiger partial charge is 0.259 e. The quantitative estimate of drug-likeness (QED) is 0.580. The van der Waals surface area contributed by atoms with Crippen LogP contribution in [0.25, 0.3) is 0 Å². The predicted molar refractivity (Wildman–Crippen MR) is 105 cm³/mol. The number of nitrogens with zero attached hydrogens (tertiary/aromatic N) is 3. The minimum Gasteiger partial charge on any atom is -0.370 e. The summed E-state index contributed by atoms with van der Waals surface area (Å²) in [7, 11) is 0. The molecule has 0 aliphatic rings. The van der Waals surface area contributed by atoms with Gasteiger partial charge in [0.2, 0.25) is 11.0 Å². The Balaban J connectivity index is 1.47. The van der Waals surface area contributed by atoms with Gasteiger partial charge in [-0.3, -0.25) is 14.9 Å². The number of carbonyl (C=O) groups is 2. The van der Waals surface area contributed by atoms with Crippen molar-refractivity contribution in [1.82, 2.24) is 15.2 Å². The van der Waals surface area contributed by atoms with E-state index in [0.29, 0.717) is 23.1 Å². The van der Waals surface area contributed by atoms with Gasteiger partial charge in [0.1, 0.15) is 11.3 Å². The summed E-state index contributed by atoms with van der Waals surface area (Å²) >= 11 is 1.25. The van der Waals surface area contributed by atoms with Gasteiger partial charge in [-0.25, -0.2) is 4.98 Å². The van der Waals surface area contributed by atoms with Gasteiger partial charge in [-0.05, 0) is 36.2 Å². The van der Waals surface area contributed by atoms with E-state index >= 15 is 0 Å². The summed E-state index contributed by atoms with van der Waals surface area (Å²) in [6.45, 7) is 2.18. The van der Waals surface area contributed by atoms with E-state index in [-0.39, 0.29) is 11.8 Å². The standard InChI is InChI=1S/C18H18N6O2S/c1-12(25)22-15-5-2-13(3-6-15)8-9-19-16-7-4-14(10-20-16)17(26)23-18-24-21-11-27-18/h2-7,10-11H,8-9H2,1H3,(H,19,20)(H,22,25)(H,23,24,26). The zero-order valence-electron chi connectivity index (χ0n) is 14.6. The lowest BCUT2D eigenvalue weighted by Gasteiger charge is -2.08. The fourth-order valence-corrected chi connectivity index (χ4v) is 2.76. The molecule has 0 saturated heterocycles. The molecule has 8 nitrogen and oxygen atoms in total. The summed E-state index contributed by atoms with van der Waals surface area (Å²) in [5.41, 5.74) is 3.92. The van der Waals surface area contributed by atoms with Crippen LogP contribution in [-0.4, -0.2) is 33.5 Å². The van der Waals surface area contributed by atoms with E-state index in [1.807, 2.05) is 24.3 Å². The third-order valence-corrected chi connectivity index (χ3v) is 4.21. The second-order valence-electron chi connectivity index (χ2n) is 5.69. The second-order valence-corrected chi connectivity index (χ2v) is 6.52. The van der Waals surface area contributed by atoms with E-state index < -0.39 is 0 Å². The molecule has 3 N–H and O–H groups in total. The number of carbonyl (C=O) groups excluding carboxylic acids is 2. The molecule has 0 fully saturated rings. The van der Waals surface area contributed by atoms with E-state index in [2.05, 4.69) is 31.1 Å². The summed E-state index contributed by atoms with van der Waals surface area (Å²) in [6.07, 6.45) is 2.32. The number of aromatic nitrogens is 3. The molecule has 2 heterocycles. The lowest BCUT2D eigenvalue weighted by atomic mass is 10.1. The Morgan fingerprint density at radius 3 is 2.52 bits per heavy atom. The highest BCUT2D eigenvalue weighted by Crippen LogP contribution is 2.12. The van der Waals surface area contributed by atoms with E-state index in [1.165, 1.54) is 24.5 Å². The Morgan fingerprint density at radius 1 is 1.07 bits per heavy atom. The van der Waals surface area contributed by atoms with E-state index in [0.717, 1.165) is 17.7 Å². The maximum atomic E-state index is 12.1. The van der Waals surface area contributed by atoms with Crippen LogP contribution >= 0.6 is 11.3 Å². The van der Waals surface area contributed by atoms with Crippen LogP contribution < -0.4 is 16.0 Å². The lowest BCUT2D eigenvalue weighted by Crippen LogP contribution is -2.13. The van der Waals surface area contributed by atoms with Crippen LogP contribution in [0.3, 0.4) is 0 Å². The van der Waals surface area contributed by atoms with Crippen LogP contribution in [0.15, 0.2) is 48.1 Å². The second kappa shape index (κ2) is 8.86. The number of anilines is 3. The highest BCUT2D eigenvalue weighted by atomic mass is 32.1. The van der Waals surface area contributed by atoms with Crippen LogP contribution in [0, 0.1) is 0 Å². The van der Waals surface area contributed by atoms with E-state index in [9.17, 15) is 9.59 Å². The van der Waals surface area contributed by atoms with Crippen LogP contribution in [0.4, 0.5) is 16.6 Å². The maximum Gasteiger partial charge on any atom is 0.259 e. The first kappa shape index (κ1) is 18.5. The van der Waals surface area contributed by atoms with Crippen molar-refractivity contribution in [1.29, 1.82) is 0 Å². The van der Waals surface area contributed by atoms with Gasteiger partial charge in [0.25, 0.3) is 5.91 Å². The molecule has 2 aromatic heterocycles. The van der Waals surface area contributed by atoms with Gasteiger partial charge in [-0.1, -0.05) is 23.5 Å². The summed E-state index contributed by atoms with van der Waals surface area (Å²) in [5.74, 6) is 0.332. The molecule has 3 rings (SSSR count). The van der Waals surface area contributed by atoms with E-state index in [4.69, 9.17) is 0 Å². The Morgan fingerprint density at radius 2 is 1.89 bits per heavy atom. The molecule has 0 saturated carbocycles. The topological polar surface area (TPSA) is 109 Å². The molecule has 0 unspecified atom stereocenters. The van der Waals surface area contributed by atoms with Crippen molar-refractivity contribution in [2.75, 3.05) is 22.5 Å². The minimum atomic E-state index is -0.273. The third-order valence-electron chi connectivity index (χ3n) is 3.60. The van der Waals surface area contributed by atoms with Crippen molar-refractivity contribution < 1.29 is 9.59 Å². The predicted octanol–water partition coefficient (Wildman–Crippen LogP) is 2.80. The van der Waals surface area contributed by atoms with Crippen LogP contribution in [-0.2, 0) is 11.2 Å². The summed E-state index contributed by atoms with van der Waals surface area (Å²) in [4.78, 5) is 27.3. The molecule has 0 bridgehead atoms. The normalized spacial score (nSPS) is 10.3. The number of benzene rings is 1. The summed E-state index contributed by atoms with van der Waals surface area (Å²) < 4.78 is 0. The summed E-state index contributed by atoms with van der Waals surface area (Å²) in [5, 5.41) is 16.5. The summed E-state index contributed by atoms with van der Waals surface area (Å²) in [6, 6.07) is 11.2. The Labute approximate surface area is 160 Å². The van der Waals surface area contributed by atoms with Crippen LogP contribution in [0.2, 0.25) is 0 Å². The Bertz CT molecular complexity index is 895. The van der Waals surface area contributed by atoms with Crippen molar-refractivity contribution >= 4 is 39.8 Å². The van der Waals surface area contributed by atoms with Gasteiger partial charge >= 0.3 is 0 Å². The third kappa shape index (κ3) is 5.58. The first-order valence-electron chi connectivity index (χ1n) is 8.24. The first-order valence-corrected chi connectivity index (χ1v) is 9.12. The SMILES string of the molecule is CC(=O)Nc1ccc(CCNc2ccc(C(=O)Nc3nncs3)cn2)cc1. The lowest BCUT2D eigenvalue weighted by molar-refractivity contribution is -0.114. The van der Waals surface area contributed by atoms with Gasteiger partial charge in [0, 0.05) is 25.4 Å². The number of pyridine rings is 1. The molecule has 0 aliphatic carbocycles. The molecule has 27 heavy (non-hydrogen) atoms. The first-order chi connectivity index (χ1) is 13.1. The van der Waals surface area contributed by atoms with Crippen molar-refractivity contribution in [3.05, 3.63) is 59.2 Å². The van der Waals surface area contributed by atoms with Crippen molar-refractivity contribution in [3.63, 3.8) is 0 Å². The average Bonchev–Trinajstić information content (AvgIpc) is 3.16. The van der Waals surface area contributed by atoms with Gasteiger partial charge in [-0.2, -0.15) is 0 Å². The van der Waals surface area contributed by atoms with Crippen LogP contribution in [0.1, 0.15) is 22.8 Å². The van der Waals surface area contributed by atoms with E-state index in [1.54, 1.807) is 17.6 Å². The fourth-order valence-electron chi connectivity index (χ4n) is 2.32. The molecule has 138 valence electrons. The number of hydrogen-bond acceptors (Lipinski definition) is 7. The fraction of sp³-hybridized carbons (Fsp3) is 0.167. The maximum absolute atomic E-state index is 12.1. The average molecular weight is 382 g/mol. The largest absolute Gasteiger partial charge is 0.370 e. The molecule has 9 heteroatoms. The van der Waals surface area contributed by atoms with Gasteiger partial charge < -0.3 is 10.6 Å². The number of rotatable bonds is 7. The van der Waals surface area contributed by atoms with Crippen molar-refractivity contribution in [3.8, 4) is 0 Å². The van der Waals surface area contributed by atoms with Gasteiger partial charge in [-0.15, -0.1) is 10.2 Å². The monoisotopic (exact) mass is 382 g/mol. The Kier molecular flexibility index (Phi) is 6.06. The highest BCUT2D eigenvalue weighted by Gasteiger charge is 2.08. The molecule has 3 aromatic rings. The molecule has 0 atom stereocenters. The molecular formula is C18H18N6O2S. The van der Waals surface area contributed by atoms with Crippen LogP contribution in [0.5, 0.6) is 0 Å². The van der Waals surface area contributed by atoms with Crippen molar-refractivity contribution in [2.45, 2.75) is 13.3 Å². The molecule has 0 spiro atoms. The number of nitrogens with one attached hydrogen (secondary N) is 3. The molecule has 0 aliphatic heterocycles. The van der Waals surface area contributed by atoms with Gasteiger partial charge in [0.15, 0.2) is 0 Å². The van der Waals surface area contributed by atoms with Gasteiger partial charge in [0.05, 0.1) is 5.56 Å². The number of amides is 2.